The van der Waals surface area contributed by atoms with Crippen LogP contribution in [0.1, 0.15) is 16.0 Å². The molecular weight excluding hydrogens is 275 g/mol. The summed E-state index contributed by atoms with van der Waals surface area (Å²) in [6.07, 6.45) is -4.45. The van der Waals surface area contributed by atoms with E-state index in [4.69, 9.17) is 10.5 Å². The highest BCUT2D eigenvalue weighted by atomic mass is 32.1. The molecule has 0 bridgehead atoms. The van der Waals surface area contributed by atoms with Crippen molar-refractivity contribution in [1.82, 2.24) is 0 Å². The fourth-order valence-electron chi connectivity index (χ4n) is 1.60. The Hall–Kier alpha value is -1.53. The number of hydrogen-bond donors (Lipinski definition) is 1. The molecule has 102 valence electrons. The van der Waals surface area contributed by atoms with Crippen molar-refractivity contribution < 1.29 is 17.9 Å². The molecule has 1 heterocycles. The smallest absolute Gasteiger partial charge is 0.419 e. The van der Waals surface area contributed by atoms with Gasteiger partial charge in [-0.05, 0) is 29.1 Å². The number of hydrogen-bond acceptors (Lipinski definition) is 3. The summed E-state index contributed by atoms with van der Waals surface area (Å²) in [5.41, 5.74) is 5.00. The molecule has 2 N–H and O–H groups in total. The third-order valence-corrected chi connectivity index (χ3v) is 3.39. The van der Waals surface area contributed by atoms with Gasteiger partial charge < -0.3 is 10.5 Å². The average Bonchev–Trinajstić information content (AvgIpc) is 2.88. The van der Waals surface area contributed by atoms with Crippen LogP contribution in [0.4, 0.5) is 13.2 Å². The minimum absolute atomic E-state index is 0.0638. The van der Waals surface area contributed by atoms with Gasteiger partial charge in [0.25, 0.3) is 0 Å². The van der Waals surface area contributed by atoms with E-state index in [-0.39, 0.29) is 18.9 Å². The Kier molecular flexibility index (Phi) is 4.11. The number of rotatable bonds is 4. The molecule has 0 unspecified atom stereocenters. The quantitative estimate of drug-likeness (QED) is 0.928. The summed E-state index contributed by atoms with van der Waals surface area (Å²) in [6.45, 7) is 0.191. The van der Waals surface area contributed by atoms with E-state index in [0.29, 0.717) is 5.56 Å². The second-order valence-corrected chi connectivity index (χ2v) is 4.93. The number of ether oxygens (including phenoxy) is 1. The van der Waals surface area contributed by atoms with Gasteiger partial charge in [-0.25, -0.2) is 0 Å². The predicted molar refractivity (Wildman–Crippen MR) is 68.0 cm³/mol. The fourth-order valence-corrected chi connectivity index (χ4v) is 2.21. The van der Waals surface area contributed by atoms with Gasteiger partial charge in [-0.3, -0.25) is 0 Å². The molecule has 19 heavy (non-hydrogen) atoms. The minimum Gasteiger partial charge on any atom is -0.487 e. The van der Waals surface area contributed by atoms with Crippen LogP contribution in [-0.4, -0.2) is 0 Å². The SMILES string of the molecule is NCc1ccc(OCc2cccs2)c(C(F)(F)F)c1. The van der Waals surface area contributed by atoms with Crippen LogP contribution in [-0.2, 0) is 19.3 Å². The molecule has 0 spiro atoms. The molecule has 2 aromatic rings. The first-order valence-corrected chi connectivity index (χ1v) is 6.44. The normalized spacial score (nSPS) is 11.6. The van der Waals surface area contributed by atoms with Gasteiger partial charge in [0, 0.05) is 11.4 Å². The Morgan fingerprint density at radius 2 is 2.00 bits per heavy atom. The van der Waals surface area contributed by atoms with Gasteiger partial charge in [-0.1, -0.05) is 12.1 Å². The summed E-state index contributed by atoms with van der Waals surface area (Å²) in [6, 6.07) is 7.53. The highest BCUT2D eigenvalue weighted by Crippen LogP contribution is 2.37. The van der Waals surface area contributed by atoms with Crippen LogP contribution in [0, 0.1) is 0 Å². The van der Waals surface area contributed by atoms with E-state index in [9.17, 15) is 13.2 Å². The van der Waals surface area contributed by atoms with Crippen molar-refractivity contribution >= 4 is 11.3 Å². The van der Waals surface area contributed by atoms with Crippen molar-refractivity contribution in [2.45, 2.75) is 19.3 Å². The molecule has 0 radical (unpaired) electrons. The summed E-state index contributed by atoms with van der Waals surface area (Å²) >= 11 is 1.44. The van der Waals surface area contributed by atoms with Crippen LogP contribution >= 0.6 is 11.3 Å². The highest BCUT2D eigenvalue weighted by Gasteiger charge is 2.34. The predicted octanol–water partition coefficient (Wildman–Crippen LogP) is 3.80. The standard InChI is InChI=1S/C13H12F3NOS/c14-13(15,16)11-6-9(7-17)3-4-12(11)18-8-10-2-1-5-19-10/h1-6H,7-8,17H2. The summed E-state index contributed by atoms with van der Waals surface area (Å²) in [4.78, 5) is 0.871. The van der Waals surface area contributed by atoms with Crippen molar-refractivity contribution in [1.29, 1.82) is 0 Å². The van der Waals surface area contributed by atoms with Gasteiger partial charge in [0.1, 0.15) is 12.4 Å². The van der Waals surface area contributed by atoms with Crippen molar-refractivity contribution in [3.63, 3.8) is 0 Å². The van der Waals surface area contributed by atoms with Crippen LogP contribution in [0.2, 0.25) is 0 Å². The lowest BCUT2D eigenvalue weighted by Crippen LogP contribution is -2.10. The molecule has 0 fully saturated rings. The second kappa shape index (κ2) is 5.63. The van der Waals surface area contributed by atoms with Gasteiger partial charge in [0.2, 0.25) is 0 Å². The maximum absolute atomic E-state index is 12.9. The lowest BCUT2D eigenvalue weighted by molar-refractivity contribution is -0.139. The third-order valence-electron chi connectivity index (χ3n) is 2.54. The van der Waals surface area contributed by atoms with Gasteiger partial charge in [-0.2, -0.15) is 13.2 Å². The summed E-state index contributed by atoms with van der Waals surface area (Å²) in [7, 11) is 0. The zero-order valence-electron chi connectivity index (χ0n) is 9.91. The lowest BCUT2D eigenvalue weighted by atomic mass is 10.1. The number of halogens is 3. The summed E-state index contributed by atoms with van der Waals surface area (Å²) in [5, 5.41) is 1.85. The number of benzene rings is 1. The van der Waals surface area contributed by atoms with E-state index >= 15 is 0 Å². The molecular formula is C13H12F3NOS. The number of nitrogens with two attached hydrogens (primary N) is 1. The monoisotopic (exact) mass is 287 g/mol. The van der Waals surface area contributed by atoms with Gasteiger partial charge in [0.05, 0.1) is 5.56 Å². The molecule has 0 saturated heterocycles. The average molecular weight is 287 g/mol. The van der Waals surface area contributed by atoms with E-state index < -0.39 is 11.7 Å². The Morgan fingerprint density at radius 1 is 1.21 bits per heavy atom. The topological polar surface area (TPSA) is 35.2 Å². The van der Waals surface area contributed by atoms with Crippen LogP contribution in [0.5, 0.6) is 5.75 Å². The maximum atomic E-state index is 12.9. The van der Waals surface area contributed by atoms with Crippen LogP contribution in [0.15, 0.2) is 35.7 Å². The Labute approximate surface area is 112 Å². The number of thiophene rings is 1. The Balaban J connectivity index is 2.23. The van der Waals surface area contributed by atoms with Crippen molar-refractivity contribution in [3.8, 4) is 5.75 Å². The first kappa shape index (κ1) is 13.9. The van der Waals surface area contributed by atoms with Crippen LogP contribution < -0.4 is 10.5 Å². The molecule has 0 aliphatic heterocycles. The highest BCUT2D eigenvalue weighted by molar-refractivity contribution is 7.09. The first-order valence-electron chi connectivity index (χ1n) is 5.56. The summed E-state index contributed by atoms with van der Waals surface area (Å²) in [5.74, 6) is -0.168. The molecule has 2 rings (SSSR count). The Morgan fingerprint density at radius 3 is 2.58 bits per heavy atom. The summed E-state index contributed by atoms with van der Waals surface area (Å²) < 4.78 is 44.0. The second-order valence-electron chi connectivity index (χ2n) is 3.90. The molecule has 2 nitrogen and oxygen atoms in total. The van der Waals surface area contributed by atoms with Crippen LogP contribution in [0.3, 0.4) is 0 Å². The number of alkyl halides is 3. The Bertz CT molecular complexity index is 537. The lowest BCUT2D eigenvalue weighted by Gasteiger charge is -2.14. The molecule has 0 aliphatic carbocycles. The zero-order chi connectivity index (χ0) is 13.9. The van der Waals surface area contributed by atoms with Gasteiger partial charge >= 0.3 is 6.18 Å². The maximum Gasteiger partial charge on any atom is 0.419 e. The van der Waals surface area contributed by atoms with Gasteiger partial charge in [-0.15, -0.1) is 11.3 Å². The molecule has 0 amide bonds. The minimum atomic E-state index is -4.45. The molecule has 0 saturated carbocycles. The zero-order valence-corrected chi connectivity index (χ0v) is 10.7. The van der Waals surface area contributed by atoms with Crippen molar-refractivity contribution in [2.24, 2.45) is 5.73 Å². The van der Waals surface area contributed by atoms with E-state index in [1.54, 1.807) is 6.07 Å². The fraction of sp³-hybridized carbons (Fsp3) is 0.231. The molecule has 1 aromatic heterocycles. The van der Waals surface area contributed by atoms with Gasteiger partial charge in [0.15, 0.2) is 0 Å². The largest absolute Gasteiger partial charge is 0.487 e. The van der Waals surface area contributed by atoms with E-state index in [0.717, 1.165) is 10.9 Å². The van der Waals surface area contributed by atoms with Crippen LogP contribution in [0.25, 0.3) is 0 Å². The van der Waals surface area contributed by atoms with Crippen molar-refractivity contribution in [3.05, 3.63) is 51.7 Å². The molecule has 1 aromatic carbocycles. The molecule has 0 atom stereocenters. The third kappa shape index (κ3) is 3.48. The molecule has 0 aliphatic rings. The molecule has 6 heteroatoms. The van der Waals surface area contributed by atoms with E-state index in [2.05, 4.69) is 0 Å². The van der Waals surface area contributed by atoms with E-state index in [1.807, 2.05) is 17.5 Å². The first-order chi connectivity index (χ1) is 9.00. The van der Waals surface area contributed by atoms with Crippen molar-refractivity contribution in [2.75, 3.05) is 0 Å². The van der Waals surface area contributed by atoms with E-state index in [1.165, 1.54) is 17.4 Å².